The van der Waals surface area contributed by atoms with Crippen molar-refractivity contribution in [3.05, 3.63) is 35.0 Å². The monoisotopic (exact) mass is 390 g/mol. The Hall–Kier alpha value is -2.74. The molecule has 1 aromatic carbocycles. The molecule has 8 nitrogen and oxygen atoms in total. The maximum absolute atomic E-state index is 12.7. The minimum absolute atomic E-state index is 0.334. The fraction of sp³-hybridized carbons (Fsp3) is 0.500. The summed E-state index contributed by atoms with van der Waals surface area (Å²) in [4.78, 5) is 26.4. The van der Waals surface area contributed by atoms with Gasteiger partial charge < -0.3 is 29.7 Å². The van der Waals surface area contributed by atoms with Crippen molar-refractivity contribution in [3.63, 3.8) is 0 Å². The van der Waals surface area contributed by atoms with Crippen molar-refractivity contribution in [1.82, 2.24) is 10.6 Å². The van der Waals surface area contributed by atoms with E-state index < -0.39 is 12.0 Å². The predicted molar refractivity (Wildman–Crippen MR) is 102 cm³/mol. The summed E-state index contributed by atoms with van der Waals surface area (Å²) in [6.45, 7) is 2.65. The Bertz CT molecular complexity index is 771. The van der Waals surface area contributed by atoms with E-state index in [2.05, 4.69) is 10.6 Å². The van der Waals surface area contributed by atoms with Gasteiger partial charge >= 0.3 is 12.0 Å². The van der Waals surface area contributed by atoms with E-state index in [1.807, 2.05) is 6.07 Å². The zero-order chi connectivity index (χ0) is 20.1. The Balaban J connectivity index is 2.00. The molecule has 2 heterocycles. The normalized spacial score (nSPS) is 20.2. The van der Waals surface area contributed by atoms with Crippen molar-refractivity contribution < 1.29 is 28.7 Å². The molecule has 28 heavy (non-hydrogen) atoms. The lowest BCUT2D eigenvalue weighted by Crippen LogP contribution is -3.13. The number of piperidine rings is 1. The van der Waals surface area contributed by atoms with E-state index in [9.17, 15) is 9.59 Å². The van der Waals surface area contributed by atoms with Crippen LogP contribution >= 0.6 is 0 Å². The van der Waals surface area contributed by atoms with Crippen LogP contribution in [0.25, 0.3) is 0 Å². The number of rotatable bonds is 6. The largest absolute Gasteiger partial charge is 0.493 e. The molecule has 0 spiro atoms. The smallest absolute Gasteiger partial charge is 0.338 e. The summed E-state index contributed by atoms with van der Waals surface area (Å²) in [5.74, 6) is 0.645. The third-order valence-corrected chi connectivity index (χ3v) is 5.29. The molecule has 1 saturated heterocycles. The molecule has 2 amide bonds. The Morgan fingerprint density at radius 3 is 2.46 bits per heavy atom. The molecule has 1 fully saturated rings. The van der Waals surface area contributed by atoms with Crippen LogP contribution in [0.5, 0.6) is 11.5 Å². The molecule has 3 N–H and O–H groups in total. The van der Waals surface area contributed by atoms with Crippen molar-refractivity contribution in [2.24, 2.45) is 0 Å². The Kier molecular flexibility index (Phi) is 6.41. The highest BCUT2D eigenvalue weighted by Gasteiger charge is 2.35. The molecule has 1 aromatic rings. The number of hydrogen-bond donors (Lipinski definition) is 3. The van der Waals surface area contributed by atoms with Crippen LogP contribution in [-0.4, -0.2) is 53.0 Å². The number of benzene rings is 1. The second-order valence-corrected chi connectivity index (χ2v) is 7.02. The van der Waals surface area contributed by atoms with Crippen LogP contribution in [0.2, 0.25) is 0 Å². The van der Waals surface area contributed by atoms with Crippen molar-refractivity contribution >= 4 is 12.0 Å². The number of amides is 2. The van der Waals surface area contributed by atoms with E-state index in [4.69, 9.17) is 14.2 Å². The van der Waals surface area contributed by atoms with Gasteiger partial charge in [-0.05, 0) is 37.0 Å². The third kappa shape index (κ3) is 4.22. The fourth-order valence-electron chi connectivity index (χ4n) is 3.87. The summed E-state index contributed by atoms with van der Waals surface area (Å²) >= 11 is 0. The van der Waals surface area contributed by atoms with Gasteiger partial charge in [0, 0.05) is 0 Å². The van der Waals surface area contributed by atoms with E-state index in [0.717, 1.165) is 31.5 Å². The number of likely N-dealkylation sites (tertiary alicyclic amines) is 1. The number of ether oxygens (including phenoxy) is 3. The highest BCUT2D eigenvalue weighted by Crippen LogP contribution is 2.34. The lowest BCUT2D eigenvalue weighted by molar-refractivity contribution is -0.900. The number of nitrogens with one attached hydrogen (secondary N) is 3. The summed E-state index contributed by atoms with van der Waals surface area (Å²) in [6, 6.07) is 4.38. The quantitative estimate of drug-likeness (QED) is 0.618. The minimum Gasteiger partial charge on any atom is -0.493 e. The van der Waals surface area contributed by atoms with Crippen LogP contribution in [0.4, 0.5) is 4.79 Å². The highest BCUT2D eigenvalue weighted by atomic mass is 16.5. The van der Waals surface area contributed by atoms with Crippen molar-refractivity contribution in [2.45, 2.75) is 25.3 Å². The molecule has 1 atom stereocenters. The van der Waals surface area contributed by atoms with E-state index in [0.29, 0.717) is 29.3 Å². The predicted octanol–water partition coefficient (Wildman–Crippen LogP) is 0.554. The summed E-state index contributed by atoms with van der Waals surface area (Å²) in [7, 11) is 4.46. The maximum atomic E-state index is 12.7. The maximum Gasteiger partial charge on any atom is 0.338 e. The van der Waals surface area contributed by atoms with Gasteiger partial charge in [-0.3, -0.25) is 0 Å². The van der Waals surface area contributed by atoms with Gasteiger partial charge in [-0.25, -0.2) is 9.59 Å². The Morgan fingerprint density at radius 2 is 1.82 bits per heavy atom. The topological polar surface area (TPSA) is 90.3 Å². The molecule has 0 bridgehead atoms. The van der Waals surface area contributed by atoms with Crippen LogP contribution in [-0.2, 0) is 9.53 Å². The van der Waals surface area contributed by atoms with Crippen LogP contribution in [0, 0.1) is 0 Å². The first-order chi connectivity index (χ1) is 13.6. The molecule has 3 rings (SSSR count). The summed E-state index contributed by atoms with van der Waals surface area (Å²) in [5, 5.41) is 5.67. The summed E-state index contributed by atoms with van der Waals surface area (Å²) in [6.07, 6.45) is 3.54. The number of quaternary nitrogens is 1. The Morgan fingerprint density at radius 1 is 1.11 bits per heavy atom. The van der Waals surface area contributed by atoms with Crippen molar-refractivity contribution in [3.8, 4) is 11.5 Å². The van der Waals surface area contributed by atoms with Crippen molar-refractivity contribution in [1.29, 1.82) is 0 Å². The molecule has 0 saturated carbocycles. The van der Waals surface area contributed by atoms with Crippen LogP contribution in [0.3, 0.4) is 0 Å². The summed E-state index contributed by atoms with van der Waals surface area (Å²) < 4.78 is 15.7. The third-order valence-electron chi connectivity index (χ3n) is 5.29. The number of carbonyl (C=O) groups is 2. The van der Waals surface area contributed by atoms with E-state index in [1.165, 1.54) is 18.4 Å². The zero-order valence-corrected chi connectivity index (χ0v) is 16.6. The lowest BCUT2D eigenvalue weighted by atomic mass is 9.94. The standard InChI is InChI=1S/C20H27N3O5/c1-26-15-8-7-13(11-16(15)27-2)18-17(19(24)28-3)14(21-20(25)22-18)12-23-9-5-4-6-10-23/h7-8,11,18H,4-6,9-10,12H2,1-3H3,(H2,21,22,25)/p+1/t18-/m1/s1. The van der Waals surface area contributed by atoms with Crippen molar-refractivity contribution in [2.75, 3.05) is 41.0 Å². The van der Waals surface area contributed by atoms with Gasteiger partial charge in [0.15, 0.2) is 11.5 Å². The molecule has 2 aliphatic heterocycles. The van der Waals surface area contributed by atoms with Gasteiger partial charge in [0.1, 0.15) is 6.54 Å². The zero-order valence-electron chi connectivity index (χ0n) is 16.6. The Labute approximate surface area is 164 Å². The lowest BCUT2D eigenvalue weighted by Gasteiger charge is -2.31. The van der Waals surface area contributed by atoms with Gasteiger partial charge in [0.25, 0.3) is 0 Å². The van der Waals surface area contributed by atoms with Gasteiger partial charge in [-0.15, -0.1) is 0 Å². The number of urea groups is 1. The second kappa shape index (κ2) is 8.97. The number of carbonyl (C=O) groups excluding carboxylic acids is 2. The molecule has 0 radical (unpaired) electrons. The van der Waals surface area contributed by atoms with E-state index in [1.54, 1.807) is 26.4 Å². The van der Waals surface area contributed by atoms with Crippen LogP contribution in [0.1, 0.15) is 30.9 Å². The number of hydrogen-bond acceptors (Lipinski definition) is 5. The first kappa shape index (κ1) is 20.0. The van der Waals surface area contributed by atoms with Gasteiger partial charge in [-0.2, -0.15) is 0 Å². The fourth-order valence-corrected chi connectivity index (χ4v) is 3.87. The highest BCUT2D eigenvalue weighted by molar-refractivity contribution is 5.95. The minimum atomic E-state index is -0.625. The number of esters is 1. The van der Waals surface area contributed by atoms with Crippen LogP contribution in [0.15, 0.2) is 29.5 Å². The van der Waals surface area contributed by atoms with Gasteiger partial charge in [-0.1, -0.05) is 6.07 Å². The van der Waals surface area contributed by atoms with Gasteiger partial charge in [0.05, 0.1) is 51.7 Å². The molecule has 0 unspecified atom stereocenters. The molecule has 2 aliphatic rings. The average Bonchev–Trinajstić information content (AvgIpc) is 2.73. The molecular formula is C20H28N3O5+. The summed E-state index contributed by atoms with van der Waals surface area (Å²) in [5.41, 5.74) is 1.76. The molecule has 8 heteroatoms. The van der Waals surface area contributed by atoms with Gasteiger partial charge in [0.2, 0.25) is 0 Å². The van der Waals surface area contributed by atoms with E-state index in [-0.39, 0.29) is 6.03 Å². The molecule has 0 aromatic heterocycles. The first-order valence-electron chi connectivity index (χ1n) is 9.51. The second-order valence-electron chi connectivity index (χ2n) is 7.02. The average molecular weight is 390 g/mol. The SMILES string of the molecule is COC(=O)C1=C(C[NH+]2CCCCC2)NC(=O)N[C@@H]1c1ccc(OC)c(OC)c1. The van der Waals surface area contributed by atoms with E-state index >= 15 is 0 Å². The molecular weight excluding hydrogens is 362 g/mol. The van der Waals surface area contributed by atoms with Crippen LogP contribution < -0.4 is 25.0 Å². The molecule has 0 aliphatic carbocycles. The number of methoxy groups -OCH3 is 3. The molecule has 152 valence electrons. The first-order valence-corrected chi connectivity index (χ1v) is 9.51.